The molecule has 0 atom stereocenters. The number of thiazole rings is 1. The number of amides is 1. The number of aryl methyl sites for hydroxylation is 1. The van der Waals surface area contributed by atoms with Gasteiger partial charge in [0.15, 0.2) is 0 Å². The molecule has 0 fully saturated rings. The van der Waals surface area contributed by atoms with Gasteiger partial charge in [0, 0.05) is 17.5 Å². The molecule has 20 heavy (non-hydrogen) atoms. The molecule has 0 unspecified atom stereocenters. The van der Waals surface area contributed by atoms with Crippen LogP contribution in [0.4, 0.5) is 5.69 Å². The first-order valence-electron chi connectivity index (χ1n) is 6.21. The second-order valence-electron chi connectivity index (χ2n) is 4.56. The molecule has 1 N–H and O–H groups in total. The van der Waals surface area contributed by atoms with Crippen molar-refractivity contribution in [2.45, 2.75) is 19.4 Å². The summed E-state index contributed by atoms with van der Waals surface area (Å²) in [6, 6.07) is 7.78. The van der Waals surface area contributed by atoms with Crippen LogP contribution in [-0.4, -0.2) is 22.0 Å². The van der Waals surface area contributed by atoms with Gasteiger partial charge in [-0.1, -0.05) is 18.2 Å². The molecule has 0 saturated heterocycles. The smallest absolute Gasteiger partial charge is 0.365 e. The number of rotatable bonds is 3. The lowest BCUT2D eigenvalue weighted by Crippen LogP contribution is -2.34. The highest BCUT2D eigenvalue weighted by atomic mass is 32.1. The van der Waals surface area contributed by atoms with E-state index in [2.05, 4.69) is 4.98 Å². The van der Waals surface area contributed by atoms with Gasteiger partial charge in [-0.15, -0.1) is 11.3 Å². The van der Waals surface area contributed by atoms with Crippen LogP contribution in [0, 0.1) is 0 Å². The van der Waals surface area contributed by atoms with E-state index < -0.39 is 5.97 Å². The molecule has 0 radical (unpaired) electrons. The van der Waals surface area contributed by atoms with Gasteiger partial charge < -0.3 is 10.0 Å². The molecule has 1 aromatic heterocycles. The fraction of sp³-hybridized carbons (Fsp3) is 0.214. The van der Waals surface area contributed by atoms with E-state index in [4.69, 9.17) is 5.11 Å². The van der Waals surface area contributed by atoms with E-state index in [1.165, 1.54) is 0 Å². The molecule has 1 aliphatic heterocycles. The first-order chi connectivity index (χ1) is 9.65. The molecular formula is C14H12N2O3S. The number of aromatic carboxylic acids is 1. The maximum Gasteiger partial charge on any atom is 0.365 e. The molecule has 102 valence electrons. The number of carboxylic acids is 1. The van der Waals surface area contributed by atoms with E-state index in [1.807, 2.05) is 24.3 Å². The quantitative estimate of drug-likeness (QED) is 0.941. The van der Waals surface area contributed by atoms with Crippen molar-refractivity contribution in [1.82, 2.24) is 4.98 Å². The number of para-hydroxylation sites is 1. The predicted octanol–water partition coefficient (Wildman–Crippen LogP) is 2.32. The topological polar surface area (TPSA) is 70.5 Å². The van der Waals surface area contributed by atoms with Crippen molar-refractivity contribution in [3.05, 3.63) is 45.9 Å². The van der Waals surface area contributed by atoms with Gasteiger partial charge in [-0.05, 0) is 18.1 Å². The van der Waals surface area contributed by atoms with Gasteiger partial charge >= 0.3 is 5.97 Å². The van der Waals surface area contributed by atoms with Crippen LogP contribution in [-0.2, 0) is 17.8 Å². The van der Waals surface area contributed by atoms with E-state index in [-0.39, 0.29) is 10.9 Å². The standard InChI is InChI=1S/C14H12N2O3S/c17-12-6-5-9-3-1-2-4-11(9)16(12)7-10-8-20-13(15-10)14(18)19/h1-4,8H,5-7H2,(H,18,19). The Kier molecular flexibility index (Phi) is 3.23. The van der Waals surface area contributed by atoms with E-state index in [1.54, 1.807) is 10.3 Å². The zero-order chi connectivity index (χ0) is 14.1. The van der Waals surface area contributed by atoms with E-state index >= 15 is 0 Å². The zero-order valence-corrected chi connectivity index (χ0v) is 11.4. The lowest BCUT2D eigenvalue weighted by molar-refractivity contribution is -0.119. The van der Waals surface area contributed by atoms with Crippen molar-refractivity contribution in [3.8, 4) is 0 Å². The van der Waals surface area contributed by atoms with E-state index in [9.17, 15) is 9.59 Å². The highest BCUT2D eigenvalue weighted by Gasteiger charge is 2.24. The fourth-order valence-corrected chi connectivity index (χ4v) is 2.96. The Morgan fingerprint density at radius 2 is 2.15 bits per heavy atom. The lowest BCUT2D eigenvalue weighted by Gasteiger charge is -2.28. The number of anilines is 1. The summed E-state index contributed by atoms with van der Waals surface area (Å²) in [4.78, 5) is 28.6. The molecule has 1 aromatic carbocycles. The average molecular weight is 288 g/mol. The molecular weight excluding hydrogens is 276 g/mol. The fourth-order valence-electron chi connectivity index (χ4n) is 2.31. The molecule has 1 aliphatic rings. The Balaban J connectivity index is 1.89. The first kappa shape index (κ1) is 12.8. The summed E-state index contributed by atoms with van der Waals surface area (Å²) in [5, 5.41) is 10.6. The van der Waals surface area contributed by atoms with Crippen molar-refractivity contribution in [2.24, 2.45) is 0 Å². The van der Waals surface area contributed by atoms with Crippen molar-refractivity contribution >= 4 is 28.9 Å². The van der Waals surface area contributed by atoms with Crippen LogP contribution in [0.3, 0.4) is 0 Å². The summed E-state index contributed by atoms with van der Waals surface area (Å²) < 4.78 is 0. The number of fused-ring (bicyclic) bond motifs is 1. The van der Waals surface area contributed by atoms with E-state index in [0.717, 1.165) is 29.0 Å². The maximum atomic E-state index is 12.1. The summed E-state index contributed by atoms with van der Waals surface area (Å²) in [7, 11) is 0. The number of hydrogen-bond donors (Lipinski definition) is 1. The average Bonchev–Trinajstić information content (AvgIpc) is 2.91. The number of carbonyl (C=O) groups excluding carboxylic acids is 1. The Hall–Kier alpha value is -2.21. The normalized spacial score (nSPS) is 14.2. The van der Waals surface area contributed by atoms with Crippen LogP contribution in [0.25, 0.3) is 0 Å². The SMILES string of the molecule is O=C(O)c1nc(CN2C(=O)CCc3ccccc32)cs1. The maximum absolute atomic E-state index is 12.1. The second-order valence-corrected chi connectivity index (χ2v) is 5.42. The Morgan fingerprint density at radius 1 is 1.35 bits per heavy atom. The Labute approximate surface area is 119 Å². The van der Waals surface area contributed by atoms with Crippen LogP contribution in [0.5, 0.6) is 0 Å². The minimum atomic E-state index is -1.04. The summed E-state index contributed by atoms with van der Waals surface area (Å²) in [6.45, 7) is 0.319. The van der Waals surface area contributed by atoms with Crippen molar-refractivity contribution in [1.29, 1.82) is 0 Å². The summed E-state index contributed by atoms with van der Waals surface area (Å²) in [5.74, 6) is -0.986. The summed E-state index contributed by atoms with van der Waals surface area (Å²) >= 11 is 1.08. The minimum absolute atomic E-state index is 0.0496. The monoisotopic (exact) mass is 288 g/mol. The highest BCUT2D eigenvalue weighted by molar-refractivity contribution is 7.11. The van der Waals surface area contributed by atoms with E-state index in [0.29, 0.717) is 18.7 Å². The van der Waals surface area contributed by atoms with Crippen molar-refractivity contribution in [2.75, 3.05) is 4.90 Å². The lowest BCUT2D eigenvalue weighted by atomic mass is 10.0. The number of hydrogen-bond acceptors (Lipinski definition) is 4. The predicted molar refractivity (Wildman–Crippen MR) is 75.0 cm³/mol. The number of benzene rings is 1. The van der Waals surface area contributed by atoms with Gasteiger partial charge in [0.2, 0.25) is 10.9 Å². The van der Waals surface area contributed by atoms with Gasteiger partial charge in [0.25, 0.3) is 0 Å². The highest BCUT2D eigenvalue weighted by Crippen LogP contribution is 2.29. The van der Waals surface area contributed by atoms with Crippen LogP contribution < -0.4 is 4.90 Å². The third-order valence-electron chi connectivity index (χ3n) is 3.25. The molecule has 6 heteroatoms. The molecule has 1 amide bonds. The zero-order valence-electron chi connectivity index (χ0n) is 10.6. The first-order valence-corrected chi connectivity index (χ1v) is 7.09. The van der Waals surface area contributed by atoms with Crippen LogP contribution in [0.2, 0.25) is 0 Å². The van der Waals surface area contributed by atoms with Crippen LogP contribution in [0.15, 0.2) is 29.6 Å². The molecule has 3 rings (SSSR count). The Morgan fingerprint density at radius 3 is 2.90 bits per heavy atom. The number of carbonyl (C=O) groups is 2. The number of aromatic nitrogens is 1. The molecule has 0 aliphatic carbocycles. The number of nitrogens with zero attached hydrogens (tertiary/aromatic N) is 2. The van der Waals surface area contributed by atoms with Gasteiger partial charge in [0.05, 0.1) is 12.2 Å². The molecule has 5 nitrogen and oxygen atoms in total. The van der Waals surface area contributed by atoms with Gasteiger partial charge in [-0.2, -0.15) is 0 Å². The molecule has 0 saturated carbocycles. The Bertz CT molecular complexity index is 681. The molecule has 0 spiro atoms. The van der Waals surface area contributed by atoms with Crippen LogP contribution in [0.1, 0.15) is 27.5 Å². The molecule has 0 bridgehead atoms. The molecule has 2 aromatic rings. The van der Waals surface area contributed by atoms with Crippen molar-refractivity contribution in [3.63, 3.8) is 0 Å². The van der Waals surface area contributed by atoms with Gasteiger partial charge in [-0.3, -0.25) is 4.79 Å². The summed E-state index contributed by atoms with van der Waals surface area (Å²) in [6.07, 6.45) is 1.23. The van der Waals surface area contributed by atoms with Crippen molar-refractivity contribution < 1.29 is 14.7 Å². The molecule has 2 heterocycles. The van der Waals surface area contributed by atoms with Crippen LogP contribution >= 0.6 is 11.3 Å². The third-order valence-corrected chi connectivity index (χ3v) is 4.13. The number of carboxylic acid groups (broad SMARTS) is 1. The van der Waals surface area contributed by atoms with Gasteiger partial charge in [0.1, 0.15) is 0 Å². The van der Waals surface area contributed by atoms with Gasteiger partial charge in [-0.25, -0.2) is 9.78 Å². The summed E-state index contributed by atoms with van der Waals surface area (Å²) in [5.41, 5.74) is 2.65. The minimum Gasteiger partial charge on any atom is -0.476 e. The second kappa shape index (κ2) is 5.05. The largest absolute Gasteiger partial charge is 0.476 e. The third kappa shape index (κ3) is 2.30.